The maximum Gasteiger partial charge on any atom is 0.306 e. The van der Waals surface area contributed by atoms with Gasteiger partial charge in [-0.05, 0) is 54.4 Å². The van der Waals surface area contributed by atoms with Crippen molar-refractivity contribution in [3.63, 3.8) is 0 Å². The zero-order valence-electron chi connectivity index (χ0n) is 16.1. The molecule has 0 fully saturated rings. The van der Waals surface area contributed by atoms with Gasteiger partial charge in [0.1, 0.15) is 5.75 Å². The highest BCUT2D eigenvalue weighted by atomic mass is 32.2. The van der Waals surface area contributed by atoms with Gasteiger partial charge in [0.25, 0.3) is 5.91 Å². The van der Waals surface area contributed by atoms with E-state index in [9.17, 15) is 13.2 Å². The average Bonchev–Trinajstić information content (AvgIpc) is 2.65. The first-order chi connectivity index (χ1) is 13.2. The first-order valence-corrected chi connectivity index (χ1v) is 10.8. The first kappa shape index (κ1) is 19.9. The summed E-state index contributed by atoms with van der Waals surface area (Å²) in [6.07, 6.45) is 1.00. The molecule has 5 nitrogen and oxygen atoms in total. The predicted molar refractivity (Wildman–Crippen MR) is 111 cm³/mol. The third-order valence-electron chi connectivity index (χ3n) is 4.40. The summed E-state index contributed by atoms with van der Waals surface area (Å²) >= 11 is 0. The molecule has 0 N–H and O–H groups in total. The second-order valence-electron chi connectivity index (χ2n) is 7.02. The number of rotatable bonds is 6. The van der Waals surface area contributed by atoms with E-state index in [2.05, 4.69) is 0 Å². The van der Waals surface area contributed by atoms with Crippen molar-refractivity contribution < 1.29 is 17.4 Å². The molecule has 0 saturated carbocycles. The molecule has 0 saturated heterocycles. The Morgan fingerprint density at radius 2 is 1.61 bits per heavy atom. The van der Waals surface area contributed by atoms with Gasteiger partial charge in [-0.2, -0.15) is 8.42 Å². The fraction of sp³-hybridized carbons (Fsp3) is 0.227. The Balaban J connectivity index is 1.81. The van der Waals surface area contributed by atoms with Gasteiger partial charge in [0.2, 0.25) is 0 Å². The third-order valence-corrected chi connectivity index (χ3v) is 4.90. The standard InChI is InChI=1S/C22H23NO4S/c1-16(2)23(15-17-8-12-21(13-9-17)27-28(3,25)26)22(24)20-11-10-18-6-4-5-7-19(18)14-20/h4-14,16H,15H2,1-3H3. The molecule has 3 aromatic carbocycles. The Hall–Kier alpha value is -2.86. The SMILES string of the molecule is CC(C)N(Cc1ccc(OS(C)(=O)=O)cc1)C(=O)c1ccc2ccccc2c1. The summed E-state index contributed by atoms with van der Waals surface area (Å²) in [6.45, 7) is 4.36. The van der Waals surface area contributed by atoms with E-state index < -0.39 is 10.1 Å². The summed E-state index contributed by atoms with van der Waals surface area (Å²) in [4.78, 5) is 14.9. The first-order valence-electron chi connectivity index (χ1n) is 9.01. The largest absolute Gasteiger partial charge is 0.383 e. The topological polar surface area (TPSA) is 63.7 Å². The molecule has 0 unspecified atom stereocenters. The predicted octanol–water partition coefficient (Wildman–Crippen LogP) is 4.23. The maximum absolute atomic E-state index is 13.1. The van der Waals surface area contributed by atoms with Gasteiger partial charge in [0.15, 0.2) is 0 Å². The van der Waals surface area contributed by atoms with Gasteiger partial charge in [-0.15, -0.1) is 0 Å². The Bertz CT molecular complexity index is 1090. The smallest absolute Gasteiger partial charge is 0.306 e. The Labute approximate surface area is 165 Å². The van der Waals surface area contributed by atoms with Crippen LogP contribution in [0.3, 0.4) is 0 Å². The van der Waals surface area contributed by atoms with Crippen molar-refractivity contribution in [1.29, 1.82) is 0 Å². The monoisotopic (exact) mass is 397 g/mol. The number of carbonyl (C=O) groups is 1. The van der Waals surface area contributed by atoms with Crippen LogP contribution in [-0.2, 0) is 16.7 Å². The molecule has 6 heteroatoms. The van der Waals surface area contributed by atoms with Gasteiger partial charge >= 0.3 is 10.1 Å². The maximum atomic E-state index is 13.1. The molecule has 0 spiro atoms. The number of amides is 1. The third kappa shape index (κ3) is 4.89. The number of nitrogens with zero attached hydrogens (tertiary/aromatic N) is 1. The number of hydrogen-bond donors (Lipinski definition) is 0. The number of benzene rings is 3. The van der Waals surface area contributed by atoms with E-state index >= 15 is 0 Å². The molecule has 3 rings (SSSR count). The highest BCUT2D eigenvalue weighted by molar-refractivity contribution is 7.86. The molecule has 28 heavy (non-hydrogen) atoms. The minimum atomic E-state index is -3.56. The molecule has 0 bridgehead atoms. The second kappa shape index (κ2) is 8.02. The zero-order valence-corrected chi connectivity index (χ0v) is 16.9. The summed E-state index contributed by atoms with van der Waals surface area (Å²) in [5, 5.41) is 2.12. The Kier molecular flexibility index (Phi) is 5.70. The molecule has 146 valence electrons. The normalized spacial score (nSPS) is 11.6. The van der Waals surface area contributed by atoms with E-state index in [-0.39, 0.29) is 17.7 Å². The molecule has 0 aliphatic heterocycles. The van der Waals surface area contributed by atoms with Crippen LogP contribution in [0, 0.1) is 0 Å². The van der Waals surface area contributed by atoms with Crippen molar-refractivity contribution in [3.8, 4) is 5.75 Å². The molecule has 1 amide bonds. The quantitative estimate of drug-likeness (QED) is 0.584. The van der Waals surface area contributed by atoms with Crippen LogP contribution in [0.25, 0.3) is 10.8 Å². The van der Waals surface area contributed by atoms with E-state index in [1.807, 2.05) is 56.3 Å². The van der Waals surface area contributed by atoms with Crippen LogP contribution in [0.2, 0.25) is 0 Å². The van der Waals surface area contributed by atoms with Gasteiger partial charge in [-0.1, -0.05) is 42.5 Å². The minimum absolute atomic E-state index is 0.00548. The van der Waals surface area contributed by atoms with Crippen molar-refractivity contribution in [2.24, 2.45) is 0 Å². The summed E-state index contributed by atoms with van der Waals surface area (Å²) < 4.78 is 27.3. The van der Waals surface area contributed by atoms with Crippen molar-refractivity contribution in [2.75, 3.05) is 6.26 Å². The van der Waals surface area contributed by atoms with Crippen LogP contribution >= 0.6 is 0 Å². The molecular formula is C22H23NO4S. The summed E-state index contributed by atoms with van der Waals surface area (Å²) in [5.41, 5.74) is 1.54. The fourth-order valence-electron chi connectivity index (χ4n) is 3.00. The van der Waals surface area contributed by atoms with Gasteiger partial charge in [-0.25, -0.2) is 0 Å². The summed E-state index contributed by atoms with van der Waals surface area (Å²) in [5.74, 6) is 0.209. The van der Waals surface area contributed by atoms with Gasteiger partial charge < -0.3 is 9.08 Å². The van der Waals surface area contributed by atoms with Crippen LogP contribution in [0.15, 0.2) is 66.7 Å². The molecule has 3 aromatic rings. The van der Waals surface area contributed by atoms with Crippen LogP contribution in [-0.4, -0.2) is 31.5 Å². The molecule has 0 radical (unpaired) electrons. The molecule has 0 heterocycles. The van der Waals surface area contributed by atoms with Crippen LogP contribution in [0.4, 0.5) is 0 Å². The van der Waals surface area contributed by atoms with Crippen LogP contribution in [0.1, 0.15) is 29.8 Å². The lowest BCUT2D eigenvalue weighted by atomic mass is 10.1. The Morgan fingerprint density at radius 3 is 2.21 bits per heavy atom. The van der Waals surface area contributed by atoms with Gasteiger partial charge in [0, 0.05) is 18.2 Å². The summed E-state index contributed by atoms with van der Waals surface area (Å²) in [6, 6.07) is 20.4. The number of fused-ring (bicyclic) bond motifs is 1. The molecule has 0 aromatic heterocycles. The highest BCUT2D eigenvalue weighted by Gasteiger charge is 2.19. The lowest BCUT2D eigenvalue weighted by Gasteiger charge is -2.27. The van der Waals surface area contributed by atoms with Crippen molar-refractivity contribution >= 4 is 26.8 Å². The number of carbonyl (C=O) groups excluding carboxylic acids is 1. The summed E-state index contributed by atoms with van der Waals surface area (Å²) in [7, 11) is -3.56. The van der Waals surface area contributed by atoms with Crippen molar-refractivity contribution in [3.05, 3.63) is 77.9 Å². The van der Waals surface area contributed by atoms with E-state index in [1.54, 1.807) is 29.2 Å². The van der Waals surface area contributed by atoms with E-state index in [1.165, 1.54) is 0 Å². The van der Waals surface area contributed by atoms with Gasteiger partial charge in [-0.3, -0.25) is 4.79 Å². The molecule has 0 aliphatic rings. The number of hydrogen-bond acceptors (Lipinski definition) is 4. The fourth-order valence-corrected chi connectivity index (χ4v) is 3.46. The Morgan fingerprint density at radius 1 is 0.964 bits per heavy atom. The van der Waals surface area contributed by atoms with Crippen molar-refractivity contribution in [2.45, 2.75) is 26.4 Å². The second-order valence-corrected chi connectivity index (χ2v) is 8.60. The van der Waals surface area contributed by atoms with Crippen molar-refractivity contribution in [1.82, 2.24) is 4.90 Å². The highest BCUT2D eigenvalue weighted by Crippen LogP contribution is 2.20. The van der Waals surface area contributed by atoms with E-state index in [4.69, 9.17) is 4.18 Å². The van der Waals surface area contributed by atoms with E-state index in [0.29, 0.717) is 12.1 Å². The molecule has 0 aliphatic carbocycles. The van der Waals surface area contributed by atoms with E-state index in [0.717, 1.165) is 22.6 Å². The lowest BCUT2D eigenvalue weighted by Crippen LogP contribution is -2.36. The van der Waals surface area contributed by atoms with Crippen LogP contribution < -0.4 is 4.18 Å². The average molecular weight is 397 g/mol. The zero-order chi connectivity index (χ0) is 20.3. The molecular weight excluding hydrogens is 374 g/mol. The molecule has 0 atom stereocenters. The lowest BCUT2D eigenvalue weighted by molar-refractivity contribution is 0.0690. The van der Waals surface area contributed by atoms with Gasteiger partial charge in [0.05, 0.1) is 6.26 Å². The van der Waals surface area contributed by atoms with Crippen LogP contribution in [0.5, 0.6) is 5.75 Å². The minimum Gasteiger partial charge on any atom is -0.383 e.